The molecular formula is C24H28N2O9. The average Bonchev–Trinajstić information content (AvgIpc) is 2.85. The van der Waals surface area contributed by atoms with Crippen LogP contribution in [0.3, 0.4) is 0 Å². The highest BCUT2D eigenvalue weighted by Gasteiger charge is 2.49. The molecule has 2 atom stereocenters. The fourth-order valence-corrected chi connectivity index (χ4v) is 4.05. The van der Waals surface area contributed by atoms with Crippen LogP contribution in [0.4, 0.5) is 5.69 Å². The van der Waals surface area contributed by atoms with Gasteiger partial charge in [0.1, 0.15) is 0 Å². The third-order valence-electron chi connectivity index (χ3n) is 5.77. The molecule has 0 unspecified atom stereocenters. The highest BCUT2D eigenvalue weighted by molar-refractivity contribution is 6.04. The van der Waals surface area contributed by atoms with Gasteiger partial charge in [0.2, 0.25) is 17.6 Å². The molecule has 3 rings (SSSR count). The summed E-state index contributed by atoms with van der Waals surface area (Å²) < 4.78 is 21.3. The summed E-state index contributed by atoms with van der Waals surface area (Å²) in [6.45, 7) is -0.00430. The van der Waals surface area contributed by atoms with Gasteiger partial charge >= 0.3 is 5.97 Å². The molecule has 1 heterocycles. The van der Waals surface area contributed by atoms with Crippen molar-refractivity contribution in [3.8, 4) is 28.7 Å². The number of carbonyl (C=O) groups excluding carboxylic acids is 2. The maximum absolute atomic E-state index is 13.3. The van der Waals surface area contributed by atoms with E-state index >= 15 is 0 Å². The number of anilines is 1. The third-order valence-corrected chi connectivity index (χ3v) is 5.77. The van der Waals surface area contributed by atoms with Gasteiger partial charge in [-0.15, -0.1) is 0 Å². The lowest BCUT2D eigenvalue weighted by Crippen LogP contribution is -2.58. The van der Waals surface area contributed by atoms with Gasteiger partial charge in [-0.2, -0.15) is 0 Å². The number of phenols is 1. The number of aliphatic carboxylic acids is 1. The zero-order valence-corrected chi connectivity index (χ0v) is 19.9. The Morgan fingerprint density at radius 2 is 1.57 bits per heavy atom. The summed E-state index contributed by atoms with van der Waals surface area (Å²) in [6, 6.07) is 7.53. The second-order valence-corrected chi connectivity index (χ2v) is 7.77. The number of hydrogen-bond donors (Lipinski definition) is 3. The molecule has 11 nitrogen and oxygen atoms in total. The van der Waals surface area contributed by atoms with Crippen LogP contribution in [0.25, 0.3) is 0 Å². The van der Waals surface area contributed by atoms with E-state index < -0.39 is 23.8 Å². The molecule has 35 heavy (non-hydrogen) atoms. The number of carboxylic acids is 1. The van der Waals surface area contributed by atoms with Gasteiger partial charge in [-0.3, -0.25) is 14.4 Å². The van der Waals surface area contributed by atoms with Crippen molar-refractivity contribution in [3.63, 3.8) is 0 Å². The molecule has 0 bridgehead atoms. The number of hydrogen-bond acceptors (Lipinski definition) is 8. The number of β-lactam (4-membered cyclic amide) rings is 1. The first-order valence-electron chi connectivity index (χ1n) is 10.7. The summed E-state index contributed by atoms with van der Waals surface area (Å²) in [5.74, 6) is -1.23. The number of rotatable bonds is 11. The highest BCUT2D eigenvalue weighted by Crippen LogP contribution is 2.49. The number of nitrogens with one attached hydrogen (secondary N) is 1. The van der Waals surface area contributed by atoms with Crippen molar-refractivity contribution in [1.82, 2.24) is 5.32 Å². The van der Waals surface area contributed by atoms with E-state index in [1.165, 1.54) is 39.4 Å². The van der Waals surface area contributed by atoms with E-state index in [4.69, 9.17) is 24.1 Å². The first kappa shape index (κ1) is 25.5. The number of benzene rings is 2. The fourth-order valence-electron chi connectivity index (χ4n) is 4.05. The summed E-state index contributed by atoms with van der Waals surface area (Å²) in [5.41, 5.74) is 1.08. The van der Waals surface area contributed by atoms with Crippen molar-refractivity contribution in [2.24, 2.45) is 5.92 Å². The summed E-state index contributed by atoms with van der Waals surface area (Å²) in [4.78, 5) is 37.6. The quantitative estimate of drug-likeness (QED) is 0.405. The van der Waals surface area contributed by atoms with Crippen molar-refractivity contribution < 1.29 is 43.5 Å². The summed E-state index contributed by atoms with van der Waals surface area (Å²) in [7, 11) is 5.83. The molecule has 1 aliphatic heterocycles. The molecular weight excluding hydrogens is 460 g/mol. The standard InChI is InChI=1S/C24H28N2O9/c1-32-17-6-5-13(9-16(17)27)22-15(12-25-20(28)7-8-21(29)30)24(31)26(22)14-10-18(33-2)23(35-4)19(11-14)34-3/h5-6,9-11,15,22,27H,7-8,12H2,1-4H3,(H,25,28)(H,29,30)/t15-,22-/m0/s1. The maximum Gasteiger partial charge on any atom is 0.303 e. The SMILES string of the molecule is COc1ccc([C@H]2[C@H](CNC(=O)CCC(=O)O)C(=O)N2c2cc(OC)c(OC)c(OC)c2)cc1O. The second kappa shape index (κ2) is 10.9. The Labute approximate surface area is 202 Å². The van der Waals surface area contributed by atoms with Crippen LogP contribution < -0.4 is 29.2 Å². The first-order valence-corrected chi connectivity index (χ1v) is 10.7. The smallest absolute Gasteiger partial charge is 0.303 e. The highest BCUT2D eigenvalue weighted by atomic mass is 16.5. The van der Waals surface area contributed by atoms with E-state index in [1.54, 1.807) is 24.3 Å². The molecule has 1 aliphatic rings. The predicted octanol–water partition coefficient (Wildman–Crippen LogP) is 2.11. The largest absolute Gasteiger partial charge is 0.504 e. The second-order valence-electron chi connectivity index (χ2n) is 7.77. The molecule has 2 aromatic rings. The van der Waals surface area contributed by atoms with Crippen molar-refractivity contribution in [2.45, 2.75) is 18.9 Å². The lowest BCUT2D eigenvalue weighted by molar-refractivity contribution is -0.139. The van der Waals surface area contributed by atoms with Gasteiger partial charge in [-0.05, 0) is 17.7 Å². The van der Waals surface area contributed by atoms with Gasteiger partial charge in [0.15, 0.2) is 23.0 Å². The lowest BCUT2D eigenvalue weighted by atomic mass is 9.81. The minimum Gasteiger partial charge on any atom is -0.504 e. The normalized spacial score (nSPS) is 16.8. The molecule has 0 aromatic heterocycles. The van der Waals surface area contributed by atoms with Crippen LogP contribution in [0.5, 0.6) is 28.7 Å². The van der Waals surface area contributed by atoms with Crippen LogP contribution in [-0.2, 0) is 14.4 Å². The molecule has 0 aliphatic carbocycles. The molecule has 0 spiro atoms. The van der Waals surface area contributed by atoms with Crippen LogP contribution in [0, 0.1) is 5.92 Å². The van der Waals surface area contributed by atoms with Crippen LogP contribution >= 0.6 is 0 Å². The van der Waals surface area contributed by atoms with E-state index in [9.17, 15) is 19.5 Å². The van der Waals surface area contributed by atoms with Crippen LogP contribution in [0.15, 0.2) is 30.3 Å². The number of nitrogens with zero attached hydrogens (tertiary/aromatic N) is 1. The Morgan fingerprint density at radius 1 is 0.943 bits per heavy atom. The van der Waals surface area contributed by atoms with E-state index in [2.05, 4.69) is 5.32 Å². The molecule has 1 saturated heterocycles. The van der Waals surface area contributed by atoms with Crippen molar-refractivity contribution in [2.75, 3.05) is 39.9 Å². The maximum atomic E-state index is 13.3. The molecule has 2 aromatic carbocycles. The van der Waals surface area contributed by atoms with Crippen LogP contribution in [0.1, 0.15) is 24.4 Å². The van der Waals surface area contributed by atoms with Crippen molar-refractivity contribution in [3.05, 3.63) is 35.9 Å². The van der Waals surface area contributed by atoms with Crippen LogP contribution in [0.2, 0.25) is 0 Å². The zero-order chi connectivity index (χ0) is 25.7. The summed E-state index contributed by atoms with van der Waals surface area (Å²) in [6.07, 6.45) is -0.501. The average molecular weight is 488 g/mol. The van der Waals surface area contributed by atoms with E-state index in [1.807, 2.05) is 0 Å². The number of carbonyl (C=O) groups is 3. The van der Waals surface area contributed by atoms with E-state index in [0.29, 0.717) is 28.5 Å². The number of phenolic OH excluding ortho intramolecular Hbond substituents is 1. The van der Waals surface area contributed by atoms with Crippen molar-refractivity contribution in [1.29, 1.82) is 0 Å². The number of carboxylic acid groups (broad SMARTS) is 1. The lowest BCUT2D eigenvalue weighted by Gasteiger charge is -2.47. The zero-order valence-electron chi connectivity index (χ0n) is 19.9. The Kier molecular flexibility index (Phi) is 7.90. The molecule has 2 amide bonds. The Balaban J connectivity index is 1.96. The molecule has 3 N–H and O–H groups in total. The topological polar surface area (TPSA) is 144 Å². The van der Waals surface area contributed by atoms with Gasteiger partial charge < -0.3 is 39.4 Å². The first-order chi connectivity index (χ1) is 16.7. The summed E-state index contributed by atoms with van der Waals surface area (Å²) in [5, 5.41) is 21.7. The summed E-state index contributed by atoms with van der Waals surface area (Å²) >= 11 is 0. The number of aromatic hydroxyl groups is 1. The van der Waals surface area contributed by atoms with Gasteiger partial charge in [0.05, 0.1) is 52.5 Å². The minimum absolute atomic E-state index is 0.00430. The Hall–Kier alpha value is -4.15. The molecule has 188 valence electrons. The minimum atomic E-state index is -1.08. The fraction of sp³-hybridized carbons (Fsp3) is 0.375. The van der Waals surface area contributed by atoms with E-state index in [-0.39, 0.29) is 36.8 Å². The Bertz CT molecular complexity index is 1090. The van der Waals surface area contributed by atoms with Gasteiger partial charge in [0, 0.05) is 25.1 Å². The van der Waals surface area contributed by atoms with Gasteiger partial charge in [-0.1, -0.05) is 6.07 Å². The number of ether oxygens (including phenoxy) is 4. The molecule has 0 radical (unpaired) electrons. The monoisotopic (exact) mass is 488 g/mol. The molecule has 1 fully saturated rings. The molecule has 11 heteroatoms. The van der Waals surface area contributed by atoms with Gasteiger partial charge in [-0.25, -0.2) is 0 Å². The molecule has 0 saturated carbocycles. The number of amides is 2. The van der Waals surface area contributed by atoms with Crippen molar-refractivity contribution >= 4 is 23.5 Å². The van der Waals surface area contributed by atoms with Gasteiger partial charge in [0.25, 0.3) is 0 Å². The Morgan fingerprint density at radius 3 is 2.09 bits per heavy atom. The predicted molar refractivity (Wildman–Crippen MR) is 124 cm³/mol. The van der Waals surface area contributed by atoms with E-state index in [0.717, 1.165) is 0 Å². The number of methoxy groups -OCH3 is 4. The third kappa shape index (κ3) is 5.18. The van der Waals surface area contributed by atoms with Crippen LogP contribution in [-0.4, -0.2) is 63.0 Å².